The molecule has 0 spiro atoms. The Balaban J connectivity index is 2.28. The molecule has 0 radical (unpaired) electrons. The summed E-state index contributed by atoms with van der Waals surface area (Å²) >= 11 is 0. The van der Waals surface area contributed by atoms with Crippen LogP contribution in [-0.2, 0) is 25.4 Å². The van der Waals surface area contributed by atoms with Crippen molar-refractivity contribution in [1.82, 2.24) is 0 Å². The van der Waals surface area contributed by atoms with E-state index in [2.05, 4.69) is 13.8 Å². The minimum Gasteiger partial charge on any atom is -0.502 e. The highest BCUT2D eigenvalue weighted by atomic mass is 16.5. The van der Waals surface area contributed by atoms with Gasteiger partial charge in [-0.2, -0.15) is 0 Å². The zero-order chi connectivity index (χ0) is 25.4. The molecule has 7 nitrogen and oxygen atoms in total. The molecule has 0 aromatic carbocycles. The third kappa shape index (κ3) is 6.01. The number of hydrogen-bond acceptors (Lipinski definition) is 7. The number of ether oxygens (including phenoxy) is 4. The van der Waals surface area contributed by atoms with Gasteiger partial charge in [0.25, 0.3) is 0 Å². The second kappa shape index (κ2) is 12.9. The first kappa shape index (κ1) is 27.9. The maximum atomic E-state index is 13.2. The van der Waals surface area contributed by atoms with Gasteiger partial charge in [0.15, 0.2) is 16.9 Å². The quantitative estimate of drug-likeness (QED) is 0.411. The number of hydrogen-bond donors (Lipinski definition) is 1. The van der Waals surface area contributed by atoms with E-state index in [0.717, 1.165) is 6.42 Å². The number of aliphatic hydroxyl groups is 1. The molecule has 7 heteroatoms. The summed E-state index contributed by atoms with van der Waals surface area (Å²) in [5.74, 6) is 1.17. The van der Waals surface area contributed by atoms with Crippen LogP contribution in [0.2, 0.25) is 0 Å². The Morgan fingerprint density at radius 2 is 1.85 bits per heavy atom. The van der Waals surface area contributed by atoms with E-state index in [1.165, 1.54) is 14.2 Å². The summed E-state index contributed by atoms with van der Waals surface area (Å²) in [5, 5.41) is 10.6. The number of methoxy groups -OCH3 is 4. The third-order valence-corrected chi connectivity index (χ3v) is 6.75. The zero-order valence-electron chi connectivity index (χ0n) is 21.7. The number of aliphatic hydroxyl groups excluding tert-OH is 1. The second-order valence-electron chi connectivity index (χ2n) is 8.81. The molecule has 2 rings (SSSR count). The van der Waals surface area contributed by atoms with E-state index in [9.17, 15) is 9.90 Å². The van der Waals surface area contributed by atoms with Gasteiger partial charge in [0.05, 0.1) is 31.0 Å². The summed E-state index contributed by atoms with van der Waals surface area (Å²) in [4.78, 5) is 13.2. The molecule has 0 saturated carbocycles. The highest BCUT2D eigenvalue weighted by molar-refractivity contribution is 5.62. The molecule has 5 atom stereocenters. The van der Waals surface area contributed by atoms with Crippen molar-refractivity contribution < 1.29 is 28.5 Å². The van der Waals surface area contributed by atoms with Gasteiger partial charge in [0, 0.05) is 45.7 Å². The summed E-state index contributed by atoms with van der Waals surface area (Å²) in [6.07, 6.45) is 8.82. The van der Waals surface area contributed by atoms with Crippen molar-refractivity contribution >= 4 is 5.76 Å². The predicted molar refractivity (Wildman–Crippen MR) is 133 cm³/mol. The van der Waals surface area contributed by atoms with Crippen LogP contribution < -0.4 is 5.43 Å². The minimum atomic E-state index is -0.524. The van der Waals surface area contributed by atoms with Crippen molar-refractivity contribution in [3.63, 3.8) is 0 Å². The van der Waals surface area contributed by atoms with Crippen LogP contribution >= 0.6 is 0 Å². The van der Waals surface area contributed by atoms with E-state index >= 15 is 0 Å². The van der Waals surface area contributed by atoms with Crippen molar-refractivity contribution in [1.29, 1.82) is 0 Å². The Morgan fingerprint density at radius 1 is 1.15 bits per heavy atom. The standard InChI is InChI=1S/C27H40O7/c1-9-10-11-12-19(30-5)18(4)26(33-8)16(2)13-14-20-17(3)24(28)23-21(31-6)15-22(32-7)25(29)27(23)34-20/h9-12,16,18-19,21,26,29H,13-15H2,1-8H3/b10-9+,12-11+. The molecule has 0 fully saturated rings. The van der Waals surface area contributed by atoms with E-state index in [0.29, 0.717) is 29.1 Å². The summed E-state index contributed by atoms with van der Waals surface area (Å²) in [6.45, 7) is 7.97. The first-order chi connectivity index (χ1) is 16.2. The van der Waals surface area contributed by atoms with Crippen LogP contribution in [0.15, 0.2) is 39.3 Å². The molecule has 34 heavy (non-hydrogen) atoms. The molecule has 0 amide bonds. The van der Waals surface area contributed by atoms with E-state index in [1.54, 1.807) is 21.1 Å². The fourth-order valence-electron chi connectivity index (χ4n) is 4.70. The van der Waals surface area contributed by atoms with Crippen molar-refractivity contribution in [2.75, 3.05) is 28.4 Å². The van der Waals surface area contributed by atoms with Gasteiger partial charge >= 0.3 is 0 Å². The van der Waals surface area contributed by atoms with Gasteiger partial charge in [0.2, 0.25) is 0 Å². The van der Waals surface area contributed by atoms with E-state index in [4.69, 9.17) is 23.4 Å². The molecule has 1 aliphatic carbocycles. The van der Waals surface area contributed by atoms with Crippen LogP contribution in [0.5, 0.6) is 0 Å². The van der Waals surface area contributed by atoms with Crippen LogP contribution in [0.1, 0.15) is 62.4 Å². The number of allylic oxidation sites excluding steroid dienone is 3. The lowest BCUT2D eigenvalue weighted by Crippen LogP contribution is -2.36. The van der Waals surface area contributed by atoms with Gasteiger partial charge in [0.1, 0.15) is 11.5 Å². The van der Waals surface area contributed by atoms with Gasteiger partial charge < -0.3 is 28.5 Å². The Labute approximate surface area is 203 Å². The smallest absolute Gasteiger partial charge is 0.197 e. The van der Waals surface area contributed by atoms with Gasteiger partial charge in [-0.1, -0.05) is 38.2 Å². The highest BCUT2D eigenvalue weighted by Crippen LogP contribution is 2.37. The topological polar surface area (TPSA) is 87.4 Å². The Morgan fingerprint density at radius 3 is 2.41 bits per heavy atom. The molecule has 0 saturated heterocycles. The average Bonchev–Trinajstić information content (AvgIpc) is 2.83. The summed E-state index contributed by atoms with van der Waals surface area (Å²) in [5.41, 5.74) is 0.713. The lowest BCUT2D eigenvalue weighted by molar-refractivity contribution is -0.0344. The summed E-state index contributed by atoms with van der Waals surface area (Å²) < 4.78 is 28.4. The number of aryl methyl sites for hydroxylation is 1. The van der Waals surface area contributed by atoms with E-state index in [-0.39, 0.29) is 47.4 Å². The lowest BCUT2D eigenvalue weighted by Gasteiger charge is -2.32. The van der Waals surface area contributed by atoms with Crippen LogP contribution in [0.25, 0.3) is 5.76 Å². The Kier molecular flexibility index (Phi) is 10.6. The van der Waals surface area contributed by atoms with Gasteiger partial charge in [-0.15, -0.1) is 0 Å². The van der Waals surface area contributed by atoms with Crippen molar-refractivity contribution in [3.8, 4) is 0 Å². The minimum absolute atomic E-state index is 0.0591. The Hall–Kier alpha value is -2.35. The second-order valence-corrected chi connectivity index (χ2v) is 8.81. The fraction of sp³-hybridized carbons (Fsp3) is 0.593. The van der Waals surface area contributed by atoms with Crippen molar-refractivity contribution in [2.45, 2.75) is 65.3 Å². The molecule has 1 aliphatic rings. The third-order valence-electron chi connectivity index (χ3n) is 6.75. The average molecular weight is 477 g/mol. The van der Waals surface area contributed by atoms with Crippen LogP contribution in [0.3, 0.4) is 0 Å². The Bertz CT molecular complexity index is 956. The molecule has 1 heterocycles. The first-order valence-corrected chi connectivity index (χ1v) is 11.8. The molecule has 0 aliphatic heterocycles. The van der Waals surface area contributed by atoms with Crippen molar-refractivity contribution in [2.24, 2.45) is 11.8 Å². The normalized spacial score (nSPS) is 19.9. The number of fused-ring (bicyclic) bond motifs is 1. The highest BCUT2D eigenvalue weighted by Gasteiger charge is 2.34. The summed E-state index contributed by atoms with van der Waals surface area (Å²) in [7, 11) is 6.42. The van der Waals surface area contributed by atoms with Crippen LogP contribution in [0.4, 0.5) is 0 Å². The lowest BCUT2D eigenvalue weighted by atomic mass is 9.85. The van der Waals surface area contributed by atoms with Gasteiger partial charge in [-0.25, -0.2) is 0 Å². The predicted octanol–water partition coefficient (Wildman–Crippen LogP) is 5.28. The van der Waals surface area contributed by atoms with Crippen LogP contribution in [0, 0.1) is 18.8 Å². The molecular weight excluding hydrogens is 436 g/mol. The van der Waals surface area contributed by atoms with E-state index in [1.807, 2.05) is 31.2 Å². The van der Waals surface area contributed by atoms with E-state index < -0.39 is 6.10 Å². The monoisotopic (exact) mass is 476 g/mol. The molecule has 5 unspecified atom stereocenters. The van der Waals surface area contributed by atoms with Crippen molar-refractivity contribution in [3.05, 3.63) is 62.9 Å². The first-order valence-electron chi connectivity index (χ1n) is 11.8. The molecule has 1 N–H and O–H groups in total. The SMILES string of the molecule is C/C=C/C=C/C(OC)C(C)C(OC)C(C)CCc1oc2c(c(=O)c1C)C(OC)CC(OC)=C2O. The molecule has 1 aromatic heterocycles. The molecular formula is C27H40O7. The maximum absolute atomic E-state index is 13.2. The fourth-order valence-corrected chi connectivity index (χ4v) is 4.70. The number of rotatable bonds is 12. The summed E-state index contributed by atoms with van der Waals surface area (Å²) in [6, 6.07) is 0. The molecule has 0 bridgehead atoms. The molecule has 1 aromatic rings. The van der Waals surface area contributed by atoms with Crippen LogP contribution in [-0.4, -0.2) is 45.8 Å². The maximum Gasteiger partial charge on any atom is 0.197 e. The van der Waals surface area contributed by atoms with Gasteiger partial charge in [-0.05, 0) is 26.2 Å². The zero-order valence-corrected chi connectivity index (χ0v) is 21.7. The molecule has 190 valence electrons. The van der Waals surface area contributed by atoms with Gasteiger partial charge in [-0.3, -0.25) is 4.79 Å². The largest absolute Gasteiger partial charge is 0.502 e.